The zero-order valence-corrected chi connectivity index (χ0v) is 16.9. The second-order valence-electron chi connectivity index (χ2n) is 7.64. The van der Waals surface area contributed by atoms with Crippen LogP contribution < -0.4 is 0 Å². The van der Waals surface area contributed by atoms with E-state index in [-0.39, 0.29) is 42.2 Å². The van der Waals surface area contributed by atoms with Crippen molar-refractivity contribution in [3.8, 4) is 0 Å². The normalized spacial score (nSPS) is 18.2. The maximum absolute atomic E-state index is 13.2. The van der Waals surface area contributed by atoms with Crippen LogP contribution in [0.3, 0.4) is 0 Å². The molecule has 1 aromatic heterocycles. The van der Waals surface area contributed by atoms with Crippen LogP contribution in [0.1, 0.15) is 23.1 Å². The van der Waals surface area contributed by atoms with Gasteiger partial charge in [-0.05, 0) is 43.2 Å². The highest BCUT2D eigenvalue weighted by Crippen LogP contribution is 2.26. The third kappa shape index (κ3) is 4.34. The van der Waals surface area contributed by atoms with E-state index in [2.05, 4.69) is 0 Å². The Morgan fingerprint density at radius 3 is 2.66 bits per heavy atom. The van der Waals surface area contributed by atoms with Crippen LogP contribution in [0.4, 0.5) is 4.39 Å². The van der Waals surface area contributed by atoms with Crippen molar-refractivity contribution in [1.29, 1.82) is 0 Å². The fraction of sp³-hybridized carbons (Fsp3) is 0.318. The van der Waals surface area contributed by atoms with Crippen molar-refractivity contribution in [2.75, 3.05) is 11.5 Å². The van der Waals surface area contributed by atoms with E-state index in [0.29, 0.717) is 12.0 Å². The molecule has 1 fully saturated rings. The van der Waals surface area contributed by atoms with Gasteiger partial charge in [0.15, 0.2) is 9.84 Å². The number of hydrogen-bond acceptors (Lipinski definition) is 4. The highest BCUT2D eigenvalue weighted by Gasteiger charge is 2.34. The molecular weight excluding hydrogens is 393 g/mol. The lowest BCUT2D eigenvalue weighted by Gasteiger charge is -2.28. The molecule has 7 heteroatoms. The summed E-state index contributed by atoms with van der Waals surface area (Å²) in [5, 5.41) is 0.888. The van der Waals surface area contributed by atoms with Crippen molar-refractivity contribution in [1.82, 2.24) is 4.90 Å². The smallest absolute Gasteiger partial charge is 0.227 e. The summed E-state index contributed by atoms with van der Waals surface area (Å²) in [6.07, 6.45) is 2.12. The number of furan rings is 1. The van der Waals surface area contributed by atoms with Gasteiger partial charge in [-0.25, -0.2) is 12.8 Å². The molecule has 0 bridgehead atoms. The molecule has 1 saturated heterocycles. The zero-order valence-electron chi connectivity index (χ0n) is 16.1. The van der Waals surface area contributed by atoms with E-state index < -0.39 is 9.84 Å². The van der Waals surface area contributed by atoms with E-state index in [9.17, 15) is 17.6 Å². The predicted molar refractivity (Wildman–Crippen MR) is 109 cm³/mol. The van der Waals surface area contributed by atoms with Crippen LogP contribution in [0, 0.1) is 12.7 Å². The van der Waals surface area contributed by atoms with Crippen LogP contribution >= 0.6 is 0 Å². The topological polar surface area (TPSA) is 67.6 Å². The number of carbonyl (C=O) groups is 1. The van der Waals surface area contributed by atoms with Crippen molar-refractivity contribution in [3.05, 3.63) is 71.2 Å². The number of fused-ring (bicyclic) bond motifs is 1. The number of benzene rings is 2. The molecule has 1 atom stereocenters. The molecule has 2 heterocycles. The lowest BCUT2D eigenvalue weighted by atomic mass is 10.1. The van der Waals surface area contributed by atoms with Gasteiger partial charge in [0.2, 0.25) is 5.91 Å². The third-order valence-corrected chi connectivity index (χ3v) is 7.14. The fourth-order valence-electron chi connectivity index (χ4n) is 3.83. The van der Waals surface area contributed by atoms with Crippen molar-refractivity contribution in [2.24, 2.45) is 0 Å². The van der Waals surface area contributed by atoms with Gasteiger partial charge >= 0.3 is 0 Å². The Morgan fingerprint density at radius 1 is 1.21 bits per heavy atom. The van der Waals surface area contributed by atoms with Crippen molar-refractivity contribution in [3.63, 3.8) is 0 Å². The number of nitrogens with zero attached hydrogens (tertiary/aromatic N) is 1. The summed E-state index contributed by atoms with van der Waals surface area (Å²) in [4.78, 5) is 14.8. The first-order valence-electron chi connectivity index (χ1n) is 9.52. The summed E-state index contributed by atoms with van der Waals surface area (Å²) >= 11 is 0. The minimum atomic E-state index is -3.15. The molecule has 4 rings (SSSR count). The third-order valence-electron chi connectivity index (χ3n) is 5.39. The number of aryl methyl sites for hydroxylation is 1. The first-order valence-corrected chi connectivity index (χ1v) is 11.3. The minimum absolute atomic E-state index is 0.0365. The van der Waals surface area contributed by atoms with E-state index in [4.69, 9.17) is 4.42 Å². The molecule has 0 unspecified atom stereocenters. The number of amides is 1. The van der Waals surface area contributed by atoms with E-state index in [1.165, 1.54) is 12.1 Å². The quantitative estimate of drug-likeness (QED) is 0.638. The molecule has 0 radical (unpaired) electrons. The lowest BCUT2D eigenvalue weighted by Crippen LogP contribution is -2.41. The zero-order chi connectivity index (χ0) is 20.6. The Hall–Kier alpha value is -2.67. The van der Waals surface area contributed by atoms with Gasteiger partial charge in [0.1, 0.15) is 11.4 Å². The summed E-state index contributed by atoms with van der Waals surface area (Å²) in [5.74, 6) is -0.472. The minimum Gasteiger partial charge on any atom is -0.464 e. The molecule has 1 amide bonds. The molecule has 29 heavy (non-hydrogen) atoms. The molecule has 5 nitrogen and oxygen atoms in total. The molecular formula is C22H22FNO4S. The molecule has 1 aliphatic heterocycles. The fourth-order valence-corrected chi connectivity index (χ4v) is 5.56. The Morgan fingerprint density at radius 2 is 1.97 bits per heavy atom. The van der Waals surface area contributed by atoms with Crippen molar-refractivity contribution >= 4 is 26.7 Å². The second kappa shape index (κ2) is 7.63. The first-order chi connectivity index (χ1) is 13.8. The lowest BCUT2D eigenvalue weighted by molar-refractivity contribution is -0.133. The van der Waals surface area contributed by atoms with E-state index >= 15 is 0 Å². The Kier molecular flexibility index (Phi) is 5.17. The van der Waals surface area contributed by atoms with Crippen LogP contribution in [0.5, 0.6) is 0 Å². The molecule has 1 aliphatic rings. The predicted octanol–water partition coefficient (Wildman–Crippen LogP) is 3.64. The van der Waals surface area contributed by atoms with Crippen molar-refractivity contribution in [2.45, 2.75) is 32.4 Å². The van der Waals surface area contributed by atoms with Gasteiger partial charge in [-0.2, -0.15) is 0 Å². The van der Waals surface area contributed by atoms with Crippen molar-refractivity contribution < 1.29 is 22.0 Å². The highest BCUT2D eigenvalue weighted by molar-refractivity contribution is 7.91. The van der Waals surface area contributed by atoms with Gasteiger partial charge in [0.05, 0.1) is 24.2 Å². The maximum Gasteiger partial charge on any atom is 0.227 e. The molecule has 0 aliphatic carbocycles. The van der Waals surface area contributed by atoms with Gasteiger partial charge in [-0.1, -0.05) is 23.8 Å². The van der Waals surface area contributed by atoms with Crippen LogP contribution in [-0.4, -0.2) is 36.8 Å². The summed E-state index contributed by atoms with van der Waals surface area (Å²) in [7, 11) is -3.15. The summed E-state index contributed by atoms with van der Waals surface area (Å²) in [5.41, 5.74) is 3.32. The molecule has 3 aromatic rings. The van der Waals surface area contributed by atoms with Gasteiger partial charge in [-0.3, -0.25) is 4.79 Å². The Bertz CT molecular complexity index is 1150. The van der Waals surface area contributed by atoms with Gasteiger partial charge in [0, 0.05) is 23.5 Å². The van der Waals surface area contributed by atoms with Gasteiger partial charge < -0.3 is 9.32 Å². The van der Waals surface area contributed by atoms with E-state index in [1.807, 2.05) is 25.1 Å². The van der Waals surface area contributed by atoms with Crippen LogP contribution in [0.2, 0.25) is 0 Å². The largest absolute Gasteiger partial charge is 0.464 e. The molecule has 0 spiro atoms. The van der Waals surface area contributed by atoms with E-state index in [1.54, 1.807) is 23.3 Å². The molecule has 2 aromatic carbocycles. The average Bonchev–Trinajstić information content (AvgIpc) is 3.23. The standard InChI is InChI=1S/C22H22FNO4S/c1-15-2-7-21-20(10-15)17(13-28-21)11-22(25)24(19-8-9-29(26,27)14-19)12-16-3-5-18(23)6-4-16/h2-7,10,13,19H,8-9,11-12,14H2,1H3/t19-/m0/s1. The van der Waals surface area contributed by atoms with Gasteiger partial charge in [-0.15, -0.1) is 0 Å². The summed E-state index contributed by atoms with van der Waals surface area (Å²) < 4.78 is 42.8. The summed E-state index contributed by atoms with van der Waals surface area (Å²) in [6.45, 7) is 2.22. The maximum atomic E-state index is 13.2. The number of sulfone groups is 1. The Labute approximate surface area is 169 Å². The summed E-state index contributed by atoms with van der Waals surface area (Å²) in [6, 6.07) is 11.3. The monoisotopic (exact) mass is 415 g/mol. The SMILES string of the molecule is Cc1ccc2occ(CC(=O)N(Cc3ccc(F)cc3)[C@H]3CCS(=O)(=O)C3)c2c1. The molecule has 0 saturated carbocycles. The van der Waals surface area contributed by atoms with Crippen LogP contribution in [-0.2, 0) is 27.6 Å². The Balaban J connectivity index is 1.61. The van der Waals surface area contributed by atoms with Gasteiger partial charge in [0.25, 0.3) is 0 Å². The van der Waals surface area contributed by atoms with Crippen LogP contribution in [0.15, 0.2) is 53.1 Å². The first kappa shape index (κ1) is 19.6. The van der Waals surface area contributed by atoms with E-state index in [0.717, 1.165) is 22.1 Å². The number of halogens is 1. The number of hydrogen-bond donors (Lipinski definition) is 0. The highest BCUT2D eigenvalue weighted by atomic mass is 32.2. The average molecular weight is 415 g/mol. The van der Waals surface area contributed by atoms with Crippen LogP contribution in [0.25, 0.3) is 11.0 Å². The molecule has 0 N–H and O–H groups in total. The second-order valence-corrected chi connectivity index (χ2v) is 9.87. The number of carbonyl (C=O) groups excluding carboxylic acids is 1. The molecule has 152 valence electrons. The number of rotatable bonds is 5.